The first-order valence-corrected chi connectivity index (χ1v) is 8.92. The molecular weight excluding hydrogens is 366 g/mol. The van der Waals surface area contributed by atoms with Crippen LogP contribution in [0.3, 0.4) is 0 Å². The molecule has 2 saturated heterocycles. The summed E-state index contributed by atoms with van der Waals surface area (Å²) in [5.74, 6) is -1.37. The predicted molar refractivity (Wildman–Crippen MR) is 96.8 cm³/mol. The van der Waals surface area contributed by atoms with Crippen LogP contribution < -0.4 is 10.6 Å². The third-order valence-electron chi connectivity index (χ3n) is 4.71. The Hall–Kier alpha value is -2.46. The van der Waals surface area contributed by atoms with Crippen molar-refractivity contribution in [1.82, 2.24) is 15.5 Å². The first kappa shape index (κ1) is 16.5. The topological polar surface area (TPSA) is 109 Å². The summed E-state index contributed by atoms with van der Waals surface area (Å²) in [6, 6.07) is 8.01. The van der Waals surface area contributed by atoms with Gasteiger partial charge in [0.1, 0.15) is 24.5 Å². The monoisotopic (exact) mass is 391 g/mol. The van der Waals surface area contributed by atoms with Crippen molar-refractivity contribution in [3.63, 3.8) is 0 Å². The molecule has 9 nitrogen and oxygen atoms in total. The normalized spacial score (nSPS) is 35.0. The summed E-state index contributed by atoms with van der Waals surface area (Å²) in [6.45, 7) is 0.630. The lowest BCUT2D eigenvalue weighted by Gasteiger charge is -2.34. The number of rotatable bonds is 4. The molecule has 0 spiro atoms. The first-order chi connectivity index (χ1) is 14.0. The summed E-state index contributed by atoms with van der Waals surface area (Å²) in [7, 11) is 0. The van der Waals surface area contributed by atoms with E-state index < -0.39 is 49.1 Å². The smallest absolute Gasteiger partial charge is 0.325 e. The van der Waals surface area contributed by atoms with E-state index in [1.165, 1.54) is 11.1 Å². The van der Waals surface area contributed by atoms with Gasteiger partial charge in [0.15, 0.2) is 12.0 Å². The van der Waals surface area contributed by atoms with Crippen molar-refractivity contribution in [2.24, 2.45) is 0 Å². The molecule has 9 heteroatoms. The third kappa shape index (κ3) is 3.49. The molecule has 0 aliphatic carbocycles. The van der Waals surface area contributed by atoms with Crippen molar-refractivity contribution >= 4 is 11.9 Å². The molecule has 3 amide bonds. The minimum atomic E-state index is -2.69. The Bertz CT molecular complexity index is 860. The van der Waals surface area contributed by atoms with Crippen LogP contribution in [0.25, 0.3) is 0 Å². The fraction of sp³-hybridized carbons (Fsp3) is 0.474. The Labute approximate surface area is 165 Å². The van der Waals surface area contributed by atoms with Crippen molar-refractivity contribution in [3.05, 3.63) is 48.2 Å². The number of fused-ring (bicyclic) bond motifs is 1. The van der Waals surface area contributed by atoms with Crippen molar-refractivity contribution in [2.45, 2.75) is 50.3 Å². The van der Waals surface area contributed by atoms with Gasteiger partial charge >= 0.3 is 6.03 Å². The Morgan fingerprint density at radius 1 is 1.32 bits per heavy atom. The lowest BCUT2D eigenvalue weighted by Crippen LogP contribution is -2.57. The molecule has 3 heterocycles. The van der Waals surface area contributed by atoms with Crippen molar-refractivity contribution in [3.8, 4) is 0 Å². The van der Waals surface area contributed by atoms with Crippen LogP contribution in [0, 0.1) is 0 Å². The number of hydrogen-bond donors (Lipinski definition) is 3. The number of carbonyl (C=O) groups excluding carboxylic acids is 2. The van der Waals surface area contributed by atoms with Gasteiger partial charge in [0, 0.05) is 11.8 Å². The summed E-state index contributed by atoms with van der Waals surface area (Å²) < 4.78 is 32.4. The van der Waals surface area contributed by atoms with E-state index in [0.29, 0.717) is 5.56 Å². The van der Waals surface area contributed by atoms with Gasteiger partial charge in [-0.15, -0.1) is 0 Å². The highest BCUT2D eigenvalue weighted by Gasteiger charge is 2.57. The van der Waals surface area contributed by atoms with Crippen LogP contribution in [0.1, 0.15) is 26.9 Å². The molecule has 3 aliphatic rings. The van der Waals surface area contributed by atoms with E-state index in [9.17, 15) is 14.7 Å². The Morgan fingerprint density at radius 2 is 2.04 bits per heavy atom. The Balaban J connectivity index is 1.49. The SMILES string of the molecule is [2H]C([2H])(O)[C@H]1O[C@@H](N2C=CC(NC(=O)c3ccccc3)NC2=O)[C@@H]2OC(C)(C)O[C@@H]21. The third-order valence-corrected chi connectivity index (χ3v) is 4.71. The highest BCUT2D eigenvalue weighted by molar-refractivity contribution is 5.94. The van der Waals surface area contributed by atoms with Crippen molar-refractivity contribution < 1.29 is 31.6 Å². The molecule has 28 heavy (non-hydrogen) atoms. The van der Waals surface area contributed by atoms with Crippen LogP contribution in [-0.4, -0.2) is 65.0 Å². The van der Waals surface area contributed by atoms with E-state index in [2.05, 4.69) is 10.6 Å². The van der Waals surface area contributed by atoms with Crippen LogP contribution in [0.15, 0.2) is 42.6 Å². The zero-order valence-corrected chi connectivity index (χ0v) is 15.4. The molecule has 0 aromatic heterocycles. The maximum atomic E-state index is 12.7. The predicted octanol–water partition coefficient (Wildman–Crippen LogP) is 0.519. The standard InChI is InChI=1S/C19H23N3O6/c1-19(2)27-14-12(10-23)26-17(15(14)28-19)22-9-8-13(21-18(22)25)20-16(24)11-6-4-3-5-7-11/h3-9,12-15,17,23H,10H2,1-2H3,(H,20,24)(H,21,25)/t12-,13?,14-,15-,17-/m1/s1/i10D2. The van der Waals surface area contributed by atoms with E-state index in [0.717, 1.165) is 0 Å². The average molecular weight is 391 g/mol. The highest BCUT2D eigenvalue weighted by atomic mass is 16.8. The second kappa shape index (κ2) is 7.17. The summed E-state index contributed by atoms with van der Waals surface area (Å²) >= 11 is 0. The molecule has 5 atom stereocenters. The molecule has 0 bridgehead atoms. The van der Waals surface area contributed by atoms with Gasteiger partial charge in [0.2, 0.25) is 0 Å². The van der Waals surface area contributed by atoms with Crippen LogP contribution in [0.2, 0.25) is 0 Å². The highest BCUT2D eigenvalue weighted by Crippen LogP contribution is 2.40. The van der Waals surface area contributed by atoms with Crippen LogP contribution in [0.5, 0.6) is 0 Å². The fourth-order valence-corrected chi connectivity index (χ4v) is 3.51. The van der Waals surface area contributed by atoms with E-state index >= 15 is 0 Å². The number of nitrogens with one attached hydrogen (secondary N) is 2. The fourth-order valence-electron chi connectivity index (χ4n) is 3.51. The van der Waals surface area contributed by atoms with Gasteiger partial charge in [-0.3, -0.25) is 9.69 Å². The largest absolute Gasteiger partial charge is 0.394 e. The second-order valence-electron chi connectivity index (χ2n) is 7.16. The summed E-state index contributed by atoms with van der Waals surface area (Å²) in [4.78, 5) is 26.2. The minimum absolute atomic E-state index is 0.348. The number of benzene rings is 1. The van der Waals surface area contributed by atoms with Gasteiger partial charge < -0.3 is 30.0 Å². The van der Waals surface area contributed by atoms with Gasteiger partial charge in [-0.1, -0.05) is 18.2 Å². The molecule has 1 aromatic rings. The Morgan fingerprint density at radius 3 is 2.71 bits per heavy atom. The molecular formula is C19H23N3O6. The number of nitrogens with zero attached hydrogens (tertiary/aromatic N) is 1. The first-order valence-electron chi connectivity index (χ1n) is 9.92. The quantitative estimate of drug-likeness (QED) is 0.690. The molecule has 3 aliphatic heterocycles. The molecule has 3 N–H and O–H groups in total. The molecule has 1 unspecified atom stereocenters. The minimum Gasteiger partial charge on any atom is -0.394 e. The number of aliphatic hydroxyl groups is 1. The van der Waals surface area contributed by atoms with Crippen LogP contribution >= 0.6 is 0 Å². The van der Waals surface area contributed by atoms with E-state index in [4.69, 9.17) is 17.0 Å². The number of ether oxygens (including phenoxy) is 3. The summed E-state index contributed by atoms with van der Waals surface area (Å²) in [5, 5.41) is 15.2. The number of hydrogen-bond acceptors (Lipinski definition) is 6. The van der Waals surface area contributed by atoms with Crippen molar-refractivity contribution in [2.75, 3.05) is 6.56 Å². The second-order valence-corrected chi connectivity index (χ2v) is 7.16. The lowest BCUT2D eigenvalue weighted by atomic mass is 10.1. The zero-order valence-electron chi connectivity index (χ0n) is 17.4. The van der Waals surface area contributed by atoms with E-state index in [1.807, 2.05) is 0 Å². The summed E-state index contributed by atoms with van der Waals surface area (Å²) in [6.07, 6.45) is -1.82. The number of urea groups is 1. The molecule has 0 radical (unpaired) electrons. The van der Waals surface area contributed by atoms with Crippen LogP contribution in [-0.2, 0) is 14.2 Å². The molecule has 0 saturated carbocycles. The van der Waals surface area contributed by atoms with E-state index in [1.54, 1.807) is 50.3 Å². The van der Waals surface area contributed by atoms with Crippen molar-refractivity contribution in [1.29, 1.82) is 0 Å². The van der Waals surface area contributed by atoms with Gasteiger partial charge in [0.05, 0.1) is 9.30 Å². The maximum Gasteiger partial charge on any atom is 0.325 e. The maximum absolute atomic E-state index is 12.7. The van der Waals surface area contributed by atoms with Gasteiger partial charge in [-0.05, 0) is 32.1 Å². The number of amides is 3. The Kier molecular flexibility index (Phi) is 4.22. The van der Waals surface area contributed by atoms with E-state index in [-0.39, 0.29) is 5.91 Å². The molecule has 150 valence electrons. The molecule has 2 fully saturated rings. The summed E-state index contributed by atoms with van der Waals surface area (Å²) in [5.41, 5.74) is 0.455. The molecule has 4 rings (SSSR count). The van der Waals surface area contributed by atoms with Gasteiger partial charge in [-0.25, -0.2) is 4.79 Å². The zero-order chi connectivity index (χ0) is 21.7. The lowest BCUT2D eigenvalue weighted by molar-refractivity contribution is -0.201. The average Bonchev–Trinajstić information content (AvgIpc) is 3.15. The van der Waals surface area contributed by atoms with Crippen LogP contribution in [0.4, 0.5) is 4.79 Å². The molecule has 1 aromatic carbocycles. The number of carbonyl (C=O) groups is 2. The van der Waals surface area contributed by atoms with Gasteiger partial charge in [0.25, 0.3) is 5.91 Å². The van der Waals surface area contributed by atoms with Gasteiger partial charge in [-0.2, -0.15) is 0 Å².